The van der Waals surface area contributed by atoms with Crippen LogP contribution in [0.5, 0.6) is 0 Å². The first kappa shape index (κ1) is 18.2. The van der Waals surface area contributed by atoms with Gasteiger partial charge in [0.15, 0.2) is 0 Å². The number of nitrogens with one attached hydrogen (secondary N) is 1. The molecule has 0 saturated carbocycles. The molecule has 2 rings (SSSR count). The molecule has 2 amide bonds. The summed E-state index contributed by atoms with van der Waals surface area (Å²) in [6.45, 7) is 2.73. The molecule has 2 aromatic rings. The average molecular weight is 314 g/mol. The summed E-state index contributed by atoms with van der Waals surface area (Å²) in [6.07, 6.45) is -0.193. The van der Waals surface area contributed by atoms with E-state index in [1.165, 1.54) is 0 Å². The molecule has 0 atom stereocenters. The number of rotatable bonds is 5. The molecular weight excluding hydrogens is 292 g/mol. The van der Waals surface area contributed by atoms with Crippen LogP contribution in [-0.4, -0.2) is 12.0 Å². The second-order valence-corrected chi connectivity index (χ2v) is 4.71. The Bertz CT molecular complexity index is 586. The Morgan fingerprint density at radius 1 is 0.957 bits per heavy atom. The van der Waals surface area contributed by atoms with Gasteiger partial charge in [0.1, 0.15) is 6.61 Å². The van der Waals surface area contributed by atoms with Gasteiger partial charge in [0.25, 0.3) is 0 Å². The first-order valence-corrected chi connectivity index (χ1v) is 7.38. The van der Waals surface area contributed by atoms with Crippen LogP contribution in [0.3, 0.4) is 0 Å². The van der Waals surface area contributed by atoms with Crippen molar-refractivity contribution in [2.24, 2.45) is 5.73 Å². The first-order chi connectivity index (χ1) is 11.1. The van der Waals surface area contributed by atoms with Crippen LogP contribution in [0.15, 0.2) is 60.7 Å². The average Bonchev–Trinajstić information content (AvgIpc) is 2.60. The third-order valence-corrected chi connectivity index (χ3v) is 2.88. The molecule has 0 aliphatic heterocycles. The second kappa shape index (κ2) is 10.8. The standard InChI is InChI=1S/C10H13NO.C8H9NO2/c1-2-10(12)11-8-9-6-4-3-5-7-9;9-8(10)11-6-7-4-2-1-3-5-7/h3-7H,2,8H2,1H3,(H,11,12);1-5H,6H2,(H2,9,10). The van der Waals surface area contributed by atoms with Gasteiger partial charge in [-0.15, -0.1) is 0 Å². The number of ether oxygens (including phenoxy) is 1. The highest BCUT2D eigenvalue weighted by Gasteiger charge is 1.95. The van der Waals surface area contributed by atoms with Crippen LogP contribution < -0.4 is 11.1 Å². The van der Waals surface area contributed by atoms with Crippen molar-refractivity contribution in [2.45, 2.75) is 26.5 Å². The molecule has 0 unspecified atom stereocenters. The third-order valence-electron chi connectivity index (χ3n) is 2.88. The van der Waals surface area contributed by atoms with E-state index in [1.54, 1.807) is 0 Å². The molecule has 0 aliphatic carbocycles. The van der Waals surface area contributed by atoms with Crippen molar-refractivity contribution in [1.29, 1.82) is 0 Å². The maximum Gasteiger partial charge on any atom is 0.404 e. The lowest BCUT2D eigenvalue weighted by atomic mass is 10.2. The van der Waals surface area contributed by atoms with E-state index in [0.717, 1.165) is 11.1 Å². The van der Waals surface area contributed by atoms with Crippen molar-refractivity contribution in [1.82, 2.24) is 5.32 Å². The number of nitrogens with two attached hydrogens (primary N) is 1. The zero-order valence-electron chi connectivity index (χ0n) is 13.2. The Balaban J connectivity index is 0.000000231. The van der Waals surface area contributed by atoms with Gasteiger partial charge in [-0.3, -0.25) is 4.79 Å². The van der Waals surface area contributed by atoms with E-state index in [0.29, 0.717) is 13.0 Å². The zero-order chi connectivity index (χ0) is 16.9. The van der Waals surface area contributed by atoms with Crippen LogP contribution in [0.4, 0.5) is 4.79 Å². The smallest absolute Gasteiger partial charge is 0.404 e. The highest BCUT2D eigenvalue weighted by molar-refractivity contribution is 5.75. The van der Waals surface area contributed by atoms with E-state index in [-0.39, 0.29) is 12.5 Å². The topological polar surface area (TPSA) is 81.4 Å². The molecule has 3 N–H and O–H groups in total. The predicted octanol–water partition coefficient (Wildman–Crippen LogP) is 2.99. The van der Waals surface area contributed by atoms with Crippen LogP contribution >= 0.6 is 0 Å². The summed E-state index contributed by atoms with van der Waals surface area (Å²) in [5, 5.41) is 2.81. The Hall–Kier alpha value is -2.82. The fourth-order valence-electron chi connectivity index (χ4n) is 1.65. The van der Waals surface area contributed by atoms with Gasteiger partial charge >= 0.3 is 6.09 Å². The van der Waals surface area contributed by atoms with Gasteiger partial charge in [0.05, 0.1) is 0 Å². The summed E-state index contributed by atoms with van der Waals surface area (Å²) >= 11 is 0. The lowest BCUT2D eigenvalue weighted by Crippen LogP contribution is -2.21. The summed E-state index contributed by atoms with van der Waals surface area (Å²) in [7, 11) is 0. The Labute approximate surface area is 136 Å². The van der Waals surface area contributed by atoms with Gasteiger partial charge in [0.2, 0.25) is 5.91 Å². The largest absolute Gasteiger partial charge is 0.445 e. The third kappa shape index (κ3) is 8.93. The van der Waals surface area contributed by atoms with E-state index in [4.69, 9.17) is 5.73 Å². The molecule has 0 aliphatic rings. The molecule has 0 bridgehead atoms. The maximum atomic E-state index is 10.9. The Morgan fingerprint density at radius 2 is 1.48 bits per heavy atom. The molecule has 23 heavy (non-hydrogen) atoms. The van der Waals surface area contributed by atoms with Crippen LogP contribution in [0, 0.1) is 0 Å². The molecule has 0 saturated heterocycles. The Kier molecular flexibility index (Phi) is 8.59. The highest BCUT2D eigenvalue weighted by atomic mass is 16.5. The van der Waals surface area contributed by atoms with Gasteiger partial charge in [-0.05, 0) is 11.1 Å². The minimum absolute atomic E-state index is 0.0962. The molecular formula is C18H22N2O3. The van der Waals surface area contributed by atoms with Crippen molar-refractivity contribution in [3.05, 3.63) is 71.8 Å². The number of carbonyl (C=O) groups is 2. The fraction of sp³-hybridized carbons (Fsp3) is 0.222. The molecule has 0 radical (unpaired) electrons. The molecule has 0 aromatic heterocycles. The minimum Gasteiger partial charge on any atom is -0.445 e. The predicted molar refractivity (Wildman–Crippen MR) is 89.4 cm³/mol. The normalized spacial score (nSPS) is 9.26. The van der Waals surface area contributed by atoms with Crippen molar-refractivity contribution < 1.29 is 14.3 Å². The number of amides is 2. The SMILES string of the molecule is CCC(=O)NCc1ccccc1.NC(=O)OCc1ccccc1. The molecule has 5 nitrogen and oxygen atoms in total. The van der Waals surface area contributed by atoms with Gasteiger partial charge < -0.3 is 15.8 Å². The van der Waals surface area contributed by atoms with Crippen LogP contribution in [0.1, 0.15) is 24.5 Å². The molecule has 2 aromatic carbocycles. The quantitative estimate of drug-likeness (QED) is 0.890. The monoisotopic (exact) mass is 314 g/mol. The molecule has 0 heterocycles. The first-order valence-electron chi connectivity index (χ1n) is 7.38. The second-order valence-electron chi connectivity index (χ2n) is 4.71. The van der Waals surface area contributed by atoms with Crippen LogP contribution in [0.2, 0.25) is 0 Å². The molecule has 122 valence electrons. The lowest BCUT2D eigenvalue weighted by Gasteiger charge is -2.02. The summed E-state index contributed by atoms with van der Waals surface area (Å²) in [4.78, 5) is 21.0. The lowest BCUT2D eigenvalue weighted by molar-refractivity contribution is -0.120. The summed E-state index contributed by atoms with van der Waals surface area (Å²) < 4.78 is 4.57. The number of carbonyl (C=O) groups excluding carboxylic acids is 2. The van der Waals surface area contributed by atoms with E-state index >= 15 is 0 Å². The van der Waals surface area contributed by atoms with E-state index in [1.807, 2.05) is 67.6 Å². The Morgan fingerprint density at radius 3 is 1.96 bits per heavy atom. The number of primary amides is 1. The molecule has 0 fully saturated rings. The van der Waals surface area contributed by atoms with E-state index < -0.39 is 6.09 Å². The molecule has 5 heteroatoms. The minimum atomic E-state index is -0.742. The number of benzene rings is 2. The van der Waals surface area contributed by atoms with Crippen molar-refractivity contribution in [3.63, 3.8) is 0 Å². The van der Waals surface area contributed by atoms with Crippen molar-refractivity contribution in [2.75, 3.05) is 0 Å². The summed E-state index contributed by atoms with van der Waals surface area (Å²) in [6, 6.07) is 19.3. The van der Waals surface area contributed by atoms with Crippen LogP contribution in [-0.2, 0) is 22.7 Å². The van der Waals surface area contributed by atoms with Gasteiger partial charge in [-0.2, -0.15) is 0 Å². The van der Waals surface area contributed by atoms with Crippen molar-refractivity contribution >= 4 is 12.0 Å². The molecule has 0 spiro atoms. The highest BCUT2D eigenvalue weighted by Crippen LogP contribution is 1.99. The fourth-order valence-corrected chi connectivity index (χ4v) is 1.65. The summed E-state index contributed by atoms with van der Waals surface area (Å²) in [5.74, 6) is 0.0962. The maximum absolute atomic E-state index is 10.9. The number of hydrogen-bond acceptors (Lipinski definition) is 3. The van der Waals surface area contributed by atoms with Crippen molar-refractivity contribution in [3.8, 4) is 0 Å². The van der Waals surface area contributed by atoms with E-state index in [2.05, 4.69) is 10.1 Å². The van der Waals surface area contributed by atoms with Gasteiger partial charge in [-0.1, -0.05) is 67.6 Å². The van der Waals surface area contributed by atoms with Gasteiger partial charge in [-0.25, -0.2) is 4.79 Å². The number of hydrogen-bond donors (Lipinski definition) is 2. The van der Waals surface area contributed by atoms with Gasteiger partial charge in [0, 0.05) is 13.0 Å². The van der Waals surface area contributed by atoms with E-state index in [9.17, 15) is 9.59 Å². The summed E-state index contributed by atoms with van der Waals surface area (Å²) in [5.41, 5.74) is 6.85. The van der Waals surface area contributed by atoms with Crippen LogP contribution in [0.25, 0.3) is 0 Å². The zero-order valence-corrected chi connectivity index (χ0v) is 13.2.